The van der Waals surface area contributed by atoms with E-state index in [-0.39, 0.29) is 12.6 Å². The Morgan fingerprint density at radius 1 is 0.971 bits per heavy atom. The number of carbonyl (C=O) groups excluding carboxylic acids is 1. The minimum absolute atomic E-state index is 0.0475. The summed E-state index contributed by atoms with van der Waals surface area (Å²) in [6.45, 7) is 10.2. The number of nitrogens with one attached hydrogen (secondary N) is 1. The van der Waals surface area contributed by atoms with Crippen molar-refractivity contribution in [1.29, 1.82) is 0 Å². The van der Waals surface area contributed by atoms with Crippen molar-refractivity contribution in [3.63, 3.8) is 0 Å². The molecule has 5 heteroatoms. The van der Waals surface area contributed by atoms with Crippen LogP contribution in [0.4, 0.5) is 0 Å². The highest BCUT2D eigenvalue weighted by Gasteiger charge is 2.59. The highest BCUT2D eigenvalue weighted by Crippen LogP contribution is 2.67. The van der Waals surface area contributed by atoms with E-state index in [2.05, 4.69) is 19.2 Å². The lowest BCUT2D eigenvalue weighted by atomic mass is 9.44. The average molecular weight is 482 g/mol. The number of hydrogen-bond acceptors (Lipinski definition) is 5. The second-order valence-electron chi connectivity index (χ2n) is 11.6. The van der Waals surface area contributed by atoms with E-state index in [4.69, 9.17) is 9.84 Å². The third-order valence-corrected chi connectivity index (χ3v) is 10.6. The molecule has 0 aromatic rings. The predicted molar refractivity (Wildman–Crippen MR) is 139 cm³/mol. The van der Waals surface area contributed by atoms with Gasteiger partial charge in [0.2, 0.25) is 0 Å². The van der Waals surface area contributed by atoms with E-state index in [1.54, 1.807) is 0 Å². The molecule has 0 aromatic heterocycles. The quantitative estimate of drug-likeness (QED) is 0.414. The lowest BCUT2D eigenvalue weighted by molar-refractivity contribution is -0.141. The zero-order valence-corrected chi connectivity index (χ0v) is 23.1. The monoisotopic (exact) mass is 481 g/mol. The molecule has 5 nitrogen and oxygen atoms in total. The molecular formula is C29H55NO4. The Bertz CT molecular complexity index is 613. The van der Waals surface area contributed by atoms with Crippen molar-refractivity contribution in [2.45, 2.75) is 111 Å². The molecule has 0 saturated heterocycles. The molecule has 0 spiro atoms. The molecule has 0 amide bonds. The molecule has 0 heterocycles. The summed E-state index contributed by atoms with van der Waals surface area (Å²) in [4.78, 5) is 11.5. The van der Waals surface area contributed by atoms with Gasteiger partial charge in [0, 0.05) is 26.1 Å². The van der Waals surface area contributed by atoms with Gasteiger partial charge in [-0.3, -0.25) is 4.79 Å². The minimum atomic E-state index is -0.0475. The first-order valence-corrected chi connectivity index (χ1v) is 14.3. The van der Waals surface area contributed by atoms with Gasteiger partial charge in [-0.1, -0.05) is 27.7 Å². The number of ether oxygens (including phenoxy) is 1. The van der Waals surface area contributed by atoms with Crippen LogP contribution in [0.2, 0.25) is 0 Å². The smallest absolute Gasteiger partial charge is 0.305 e. The number of esters is 1. The number of aliphatic hydroxyl groups is 2. The lowest BCUT2D eigenvalue weighted by Crippen LogP contribution is -2.55. The fourth-order valence-electron chi connectivity index (χ4n) is 8.89. The minimum Gasteiger partial charge on any atom is -0.469 e. The molecule has 3 N–H and O–H groups in total. The Morgan fingerprint density at radius 3 is 2.32 bits per heavy atom. The van der Waals surface area contributed by atoms with Crippen LogP contribution in [0, 0.1) is 40.4 Å². The van der Waals surface area contributed by atoms with Crippen LogP contribution in [0.25, 0.3) is 0 Å². The molecule has 4 saturated carbocycles. The maximum Gasteiger partial charge on any atom is 0.305 e. The summed E-state index contributed by atoms with van der Waals surface area (Å²) in [7, 11) is 2.50. The van der Waals surface area contributed by atoms with Gasteiger partial charge in [-0.25, -0.2) is 0 Å². The standard InChI is InChI=1S/C26H45NO3.C2H6.CH4O/c1-25-14-12-23-21(22(25)10-8-18(25)5-4-6-24(29)30-3)9-7-19-17-20(27-15-16-28)11-13-26(19,23)2;2*1-2/h18-23,27-28H,4-17H2,1-3H3;1-2H3;2H,1H3. The van der Waals surface area contributed by atoms with Crippen LogP contribution in [0.3, 0.4) is 0 Å². The summed E-state index contributed by atoms with van der Waals surface area (Å²) < 4.78 is 4.85. The number of aliphatic hydroxyl groups excluding tert-OH is 2. The van der Waals surface area contributed by atoms with Crippen LogP contribution in [0.5, 0.6) is 0 Å². The molecule has 4 aliphatic carbocycles. The molecule has 4 aliphatic rings. The largest absolute Gasteiger partial charge is 0.469 e. The van der Waals surface area contributed by atoms with Gasteiger partial charge in [0.05, 0.1) is 13.7 Å². The summed E-state index contributed by atoms with van der Waals surface area (Å²) in [5.41, 5.74) is 1.03. The molecule has 4 fully saturated rings. The average Bonchev–Trinajstić information content (AvgIpc) is 3.21. The van der Waals surface area contributed by atoms with Gasteiger partial charge in [-0.2, -0.15) is 0 Å². The van der Waals surface area contributed by atoms with E-state index < -0.39 is 0 Å². The van der Waals surface area contributed by atoms with Crippen LogP contribution in [0.15, 0.2) is 0 Å². The molecule has 4 rings (SSSR count). The van der Waals surface area contributed by atoms with Crippen LogP contribution in [0.1, 0.15) is 105 Å². The summed E-state index contributed by atoms with van der Waals surface area (Å²) in [6, 6.07) is 0.617. The second-order valence-corrected chi connectivity index (χ2v) is 11.6. The molecule has 0 aromatic carbocycles. The molecule has 0 bridgehead atoms. The summed E-state index contributed by atoms with van der Waals surface area (Å²) in [6.07, 6.45) is 15.2. The van der Waals surface area contributed by atoms with Gasteiger partial charge in [0.25, 0.3) is 0 Å². The van der Waals surface area contributed by atoms with Gasteiger partial charge in [-0.05, 0) is 111 Å². The van der Waals surface area contributed by atoms with E-state index >= 15 is 0 Å². The van der Waals surface area contributed by atoms with Gasteiger partial charge in [0.1, 0.15) is 0 Å². The number of fused-ring (bicyclic) bond motifs is 5. The van der Waals surface area contributed by atoms with Crippen LogP contribution >= 0.6 is 0 Å². The third-order valence-electron chi connectivity index (χ3n) is 10.6. The van der Waals surface area contributed by atoms with Crippen molar-refractivity contribution >= 4 is 5.97 Å². The molecule has 0 aliphatic heterocycles. The number of methoxy groups -OCH3 is 1. The van der Waals surface area contributed by atoms with Crippen LogP contribution < -0.4 is 5.32 Å². The highest BCUT2D eigenvalue weighted by atomic mass is 16.5. The summed E-state index contributed by atoms with van der Waals surface area (Å²) in [5, 5.41) is 19.8. The Labute approximate surface area is 209 Å². The molecule has 8 atom stereocenters. The SMILES string of the molecule is CC.CO.COC(=O)CCCC1CCC2C3CCC4CC(NCCO)CCC4(C)C3CCC12C. The predicted octanol–water partition coefficient (Wildman–Crippen LogP) is 5.57. The maximum absolute atomic E-state index is 11.5. The first-order valence-electron chi connectivity index (χ1n) is 14.3. The normalized spacial score (nSPS) is 40.4. The molecule has 200 valence electrons. The summed E-state index contributed by atoms with van der Waals surface area (Å²) in [5.74, 6) is 4.37. The van der Waals surface area contributed by atoms with Gasteiger partial charge < -0.3 is 20.3 Å². The van der Waals surface area contributed by atoms with Crippen molar-refractivity contribution < 1.29 is 19.7 Å². The Morgan fingerprint density at radius 2 is 1.65 bits per heavy atom. The third kappa shape index (κ3) is 6.00. The van der Waals surface area contributed by atoms with E-state index in [1.807, 2.05) is 13.8 Å². The van der Waals surface area contributed by atoms with E-state index in [9.17, 15) is 9.90 Å². The Hall–Kier alpha value is -0.650. The van der Waals surface area contributed by atoms with Crippen molar-refractivity contribution in [2.75, 3.05) is 27.4 Å². The fraction of sp³-hybridized carbons (Fsp3) is 0.966. The van der Waals surface area contributed by atoms with E-state index in [0.717, 1.165) is 49.7 Å². The lowest BCUT2D eigenvalue weighted by Gasteiger charge is -2.61. The molecular weight excluding hydrogens is 426 g/mol. The first-order chi connectivity index (χ1) is 16.4. The van der Waals surface area contributed by atoms with E-state index in [1.165, 1.54) is 71.3 Å². The maximum atomic E-state index is 11.5. The number of hydrogen-bond donors (Lipinski definition) is 3. The van der Waals surface area contributed by atoms with Crippen molar-refractivity contribution in [2.24, 2.45) is 40.4 Å². The fourth-order valence-corrected chi connectivity index (χ4v) is 8.89. The van der Waals surface area contributed by atoms with Gasteiger partial charge in [0.15, 0.2) is 0 Å². The van der Waals surface area contributed by atoms with Crippen molar-refractivity contribution in [1.82, 2.24) is 5.32 Å². The highest BCUT2D eigenvalue weighted by molar-refractivity contribution is 5.68. The topological polar surface area (TPSA) is 78.8 Å². The number of rotatable bonds is 7. The zero-order valence-electron chi connectivity index (χ0n) is 23.1. The number of carbonyl (C=O) groups is 1. The van der Waals surface area contributed by atoms with E-state index in [0.29, 0.717) is 23.3 Å². The zero-order chi connectivity index (χ0) is 25.4. The van der Waals surface area contributed by atoms with Crippen molar-refractivity contribution in [3.8, 4) is 0 Å². The molecule has 8 unspecified atom stereocenters. The van der Waals surface area contributed by atoms with Crippen LogP contribution in [-0.2, 0) is 9.53 Å². The molecule has 0 radical (unpaired) electrons. The van der Waals surface area contributed by atoms with Gasteiger partial charge in [-0.15, -0.1) is 0 Å². The Balaban J connectivity index is 0.000000970. The second kappa shape index (κ2) is 13.6. The van der Waals surface area contributed by atoms with Crippen molar-refractivity contribution in [3.05, 3.63) is 0 Å². The van der Waals surface area contributed by atoms with Gasteiger partial charge >= 0.3 is 5.97 Å². The summed E-state index contributed by atoms with van der Waals surface area (Å²) >= 11 is 0. The first kappa shape index (κ1) is 29.6. The molecule has 34 heavy (non-hydrogen) atoms. The Kier molecular flexibility index (Phi) is 11.8. The van der Waals surface area contributed by atoms with Crippen LogP contribution in [-0.4, -0.2) is 49.6 Å².